The van der Waals surface area contributed by atoms with Gasteiger partial charge in [0.2, 0.25) is 17.7 Å². The number of unbranched alkanes of at least 4 members (excludes halogenated alkanes) is 2. The van der Waals surface area contributed by atoms with Crippen molar-refractivity contribution >= 4 is 29.5 Å². The number of nitrogens with one attached hydrogen (secondary N) is 2. The first-order valence-corrected chi connectivity index (χ1v) is 10.5. The molecule has 9 nitrogen and oxygen atoms in total. The Morgan fingerprint density at radius 2 is 1.69 bits per heavy atom. The highest BCUT2D eigenvalue weighted by Crippen LogP contribution is 2.21. The number of anilines is 1. The van der Waals surface area contributed by atoms with E-state index in [0.717, 1.165) is 0 Å². The van der Waals surface area contributed by atoms with Gasteiger partial charge in [0, 0.05) is 12.8 Å². The number of benzene rings is 1. The van der Waals surface area contributed by atoms with Crippen molar-refractivity contribution in [1.82, 2.24) is 5.32 Å². The highest BCUT2D eigenvalue weighted by molar-refractivity contribution is 5.97. The maximum Gasteiger partial charge on any atom is 0.408 e. The van der Waals surface area contributed by atoms with E-state index in [1.54, 1.807) is 32.9 Å². The van der Waals surface area contributed by atoms with Crippen molar-refractivity contribution in [3.63, 3.8) is 0 Å². The van der Waals surface area contributed by atoms with Gasteiger partial charge in [0.1, 0.15) is 17.5 Å². The van der Waals surface area contributed by atoms with Crippen LogP contribution in [-0.2, 0) is 25.5 Å². The van der Waals surface area contributed by atoms with Gasteiger partial charge in [-0.25, -0.2) is 9.18 Å². The minimum absolute atomic E-state index is 0.0419. The lowest BCUT2D eigenvalue weighted by atomic mass is 10.0. The number of rotatable bonds is 12. The number of primary amides is 2. The van der Waals surface area contributed by atoms with Crippen molar-refractivity contribution < 1.29 is 28.3 Å². The van der Waals surface area contributed by atoms with Crippen LogP contribution in [0.25, 0.3) is 0 Å². The lowest BCUT2D eigenvalue weighted by molar-refractivity contribution is -0.120. The van der Waals surface area contributed by atoms with Crippen molar-refractivity contribution in [2.75, 3.05) is 5.32 Å². The Morgan fingerprint density at radius 1 is 1.03 bits per heavy atom. The number of aryl methyl sites for hydroxylation is 1. The number of halogens is 1. The Hall–Kier alpha value is -3.17. The molecule has 0 aromatic heterocycles. The molecule has 10 heteroatoms. The summed E-state index contributed by atoms with van der Waals surface area (Å²) in [6, 6.07) is 3.48. The minimum atomic E-state index is -1.14. The molecule has 32 heavy (non-hydrogen) atoms. The third-order valence-electron chi connectivity index (χ3n) is 4.39. The SMILES string of the molecule is CC(C)(C)OC(=O)N[C@@H](CCC(N)=O)C(=O)Nc1cccc(CCCCCC(N)=O)c1F. The van der Waals surface area contributed by atoms with E-state index in [2.05, 4.69) is 10.6 Å². The van der Waals surface area contributed by atoms with Crippen LogP contribution in [0.5, 0.6) is 0 Å². The van der Waals surface area contributed by atoms with Crippen LogP contribution in [-0.4, -0.2) is 35.5 Å². The molecule has 0 aliphatic heterocycles. The van der Waals surface area contributed by atoms with Crippen molar-refractivity contribution in [2.45, 2.75) is 77.4 Å². The molecule has 0 unspecified atom stereocenters. The predicted octanol–water partition coefficient (Wildman–Crippen LogP) is 2.51. The summed E-state index contributed by atoms with van der Waals surface area (Å²) in [5.41, 5.74) is 9.84. The molecule has 0 saturated carbocycles. The molecule has 0 aliphatic carbocycles. The van der Waals surface area contributed by atoms with Crippen LogP contribution in [0.2, 0.25) is 0 Å². The van der Waals surface area contributed by atoms with E-state index in [1.807, 2.05) is 0 Å². The van der Waals surface area contributed by atoms with E-state index < -0.39 is 35.4 Å². The van der Waals surface area contributed by atoms with Gasteiger partial charge in [-0.2, -0.15) is 0 Å². The van der Waals surface area contributed by atoms with Gasteiger partial charge in [-0.05, 0) is 58.1 Å². The van der Waals surface area contributed by atoms with Gasteiger partial charge in [-0.3, -0.25) is 14.4 Å². The first-order chi connectivity index (χ1) is 14.9. The number of nitrogens with two attached hydrogens (primary N) is 2. The Balaban J connectivity index is 2.81. The molecule has 0 heterocycles. The number of ether oxygens (including phenoxy) is 1. The zero-order valence-electron chi connectivity index (χ0n) is 18.8. The molecule has 1 rings (SSSR count). The number of alkyl carbamates (subject to hydrolysis) is 1. The summed E-state index contributed by atoms with van der Waals surface area (Å²) in [5, 5.41) is 4.86. The van der Waals surface area contributed by atoms with Crippen LogP contribution >= 0.6 is 0 Å². The van der Waals surface area contributed by atoms with Gasteiger partial charge in [0.15, 0.2) is 0 Å². The second kappa shape index (κ2) is 12.6. The molecule has 0 saturated heterocycles. The first kappa shape index (κ1) is 26.9. The maximum atomic E-state index is 14.9. The maximum absolute atomic E-state index is 14.9. The Morgan fingerprint density at radius 3 is 2.28 bits per heavy atom. The van der Waals surface area contributed by atoms with Gasteiger partial charge in [0.25, 0.3) is 0 Å². The number of carbonyl (C=O) groups is 4. The fourth-order valence-electron chi connectivity index (χ4n) is 2.89. The lowest BCUT2D eigenvalue weighted by Crippen LogP contribution is -2.46. The summed E-state index contributed by atoms with van der Waals surface area (Å²) in [5.74, 6) is -2.29. The summed E-state index contributed by atoms with van der Waals surface area (Å²) in [6.07, 6.45) is 1.66. The fourth-order valence-corrected chi connectivity index (χ4v) is 2.89. The highest BCUT2D eigenvalue weighted by atomic mass is 19.1. The van der Waals surface area contributed by atoms with E-state index in [4.69, 9.17) is 16.2 Å². The Bertz CT molecular complexity index is 823. The van der Waals surface area contributed by atoms with Gasteiger partial charge in [-0.15, -0.1) is 0 Å². The zero-order valence-corrected chi connectivity index (χ0v) is 18.8. The Kier molecular flexibility index (Phi) is 10.6. The van der Waals surface area contributed by atoms with Crippen LogP contribution in [0, 0.1) is 5.82 Å². The largest absolute Gasteiger partial charge is 0.444 e. The molecule has 1 aromatic rings. The van der Waals surface area contributed by atoms with E-state index in [-0.39, 0.29) is 30.9 Å². The summed E-state index contributed by atoms with van der Waals surface area (Å²) in [4.78, 5) is 46.7. The number of carbonyl (C=O) groups excluding carboxylic acids is 4. The number of hydrogen-bond donors (Lipinski definition) is 4. The molecule has 1 aromatic carbocycles. The molecule has 178 valence electrons. The van der Waals surface area contributed by atoms with E-state index >= 15 is 0 Å². The fraction of sp³-hybridized carbons (Fsp3) is 0.545. The van der Waals surface area contributed by atoms with Gasteiger partial charge in [0.05, 0.1) is 5.69 Å². The van der Waals surface area contributed by atoms with Gasteiger partial charge in [-0.1, -0.05) is 18.6 Å². The van der Waals surface area contributed by atoms with Crippen LogP contribution < -0.4 is 22.1 Å². The van der Waals surface area contributed by atoms with Gasteiger partial charge >= 0.3 is 6.09 Å². The van der Waals surface area contributed by atoms with E-state index in [0.29, 0.717) is 31.2 Å². The van der Waals surface area contributed by atoms with Crippen LogP contribution in [0.4, 0.5) is 14.9 Å². The summed E-state index contributed by atoms with van der Waals surface area (Å²) in [6.45, 7) is 5.00. The predicted molar refractivity (Wildman–Crippen MR) is 118 cm³/mol. The Labute approximate surface area is 187 Å². The summed E-state index contributed by atoms with van der Waals surface area (Å²) >= 11 is 0. The molecule has 0 radical (unpaired) electrons. The van der Waals surface area contributed by atoms with Crippen LogP contribution in [0.3, 0.4) is 0 Å². The zero-order chi connectivity index (χ0) is 24.3. The van der Waals surface area contributed by atoms with Crippen LogP contribution in [0.15, 0.2) is 18.2 Å². The topological polar surface area (TPSA) is 154 Å². The molecular weight excluding hydrogens is 419 g/mol. The van der Waals surface area contributed by atoms with Gasteiger partial charge < -0.3 is 26.8 Å². The molecule has 6 N–H and O–H groups in total. The molecular formula is C22H33FN4O5. The smallest absolute Gasteiger partial charge is 0.408 e. The molecule has 0 fully saturated rings. The highest BCUT2D eigenvalue weighted by Gasteiger charge is 2.25. The minimum Gasteiger partial charge on any atom is -0.444 e. The van der Waals surface area contributed by atoms with E-state index in [9.17, 15) is 23.6 Å². The second-order valence-electron chi connectivity index (χ2n) is 8.50. The average Bonchev–Trinajstić information content (AvgIpc) is 2.65. The molecule has 0 aliphatic rings. The molecule has 0 bridgehead atoms. The molecule has 1 atom stereocenters. The summed E-state index contributed by atoms with van der Waals surface area (Å²) in [7, 11) is 0. The second-order valence-corrected chi connectivity index (χ2v) is 8.50. The monoisotopic (exact) mass is 452 g/mol. The van der Waals surface area contributed by atoms with Crippen molar-refractivity contribution in [3.05, 3.63) is 29.6 Å². The van der Waals surface area contributed by atoms with Crippen LogP contribution in [0.1, 0.15) is 64.9 Å². The molecule has 4 amide bonds. The molecule has 0 spiro atoms. The normalized spacial score (nSPS) is 12.0. The average molecular weight is 453 g/mol. The van der Waals surface area contributed by atoms with E-state index in [1.165, 1.54) is 6.07 Å². The first-order valence-electron chi connectivity index (χ1n) is 10.5. The third-order valence-corrected chi connectivity index (χ3v) is 4.39. The van der Waals surface area contributed by atoms with Crippen molar-refractivity contribution in [2.24, 2.45) is 11.5 Å². The van der Waals surface area contributed by atoms with Crippen molar-refractivity contribution in [3.8, 4) is 0 Å². The standard InChI is InChI=1S/C22H33FN4O5/c1-22(2,3)32-21(31)27-16(12-13-18(25)29)20(30)26-15-10-7-9-14(19(15)23)8-5-4-6-11-17(24)28/h7,9-10,16H,4-6,8,11-13H2,1-3H3,(H2,24,28)(H2,25,29)(H,26,30)(H,27,31)/t16-/m0/s1. The third kappa shape index (κ3) is 10.7. The number of amides is 4. The summed E-state index contributed by atoms with van der Waals surface area (Å²) < 4.78 is 20.0. The van der Waals surface area contributed by atoms with Crippen molar-refractivity contribution in [1.29, 1.82) is 0 Å². The lowest BCUT2D eigenvalue weighted by Gasteiger charge is -2.23. The quantitative estimate of drug-likeness (QED) is 0.359. The number of hydrogen-bond acceptors (Lipinski definition) is 5.